The van der Waals surface area contributed by atoms with Crippen molar-refractivity contribution < 1.29 is 5.11 Å². The van der Waals surface area contributed by atoms with Crippen LogP contribution in [0.1, 0.15) is 31.1 Å². The Morgan fingerprint density at radius 3 is 2.21 bits per heavy atom. The lowest BCUT2D eigenvalue weighted by atomic mass is 10.0. The molecule has 0 saturated carbocycles. The van der Waals surface area contributed by atoms with E-state index in [1.54, 1.807) is 0 Å². The van der Waals surface area contributed by atoms with Gasteiger partial charge in [0.25, 0.3) is 0 Å². The molecule has 0 bridgehead atoms. The van der Waals surface area contributed by atoms with E-state index in [-0.39, 0.29) is 6.54 Å². The van der Waals surface area contributed by atoms with Gasteiger partial charge in [-0.2, -0.15) is 0 Å². The Kier molecular flexibility index (Phi) is 4.11. The summed E-state index contributed by atoms with van der Waals surface area (Å²) in [6, 6.07) is 8.03. The summed E-state index contributed by atoms with van der Waals surface area (Å²) in [4.78, 5) is 0. The second-order valence-electron chi connectivity index (χ2n) is 4.09. The molecule has 0 aliphatic carbocycles. The molecule has 0 fully saturated rings. The molecule has 0 aliphatic rings. The fourth-order valence-electron chi connectivity index (χ4n) is 1.48. The van der Waals surface area contributed by atoms with Crippen molar-refractivity contribution in [1.29, 1.82) is 0 Å². The lowest BCUT2D eigenvalue weighted by Crippen LogP contribution is -2.11. The van der Waals surface area contributed by atoms with Crippen LogP contribution in [0.15, 0.2) is 24.3 Å². The topological polar surface area (TPSA) is 46.2 Å². The van der Waals surface area contributed by atoms with Crippen molar-refractivity contribution >= 4 is 0 Å². The van der Waals surface area contributed by atoms with Crippen molar-refractivity contribution in [3.63, 3.8) is 0 Å². The van der Waals surface area contributed by atoms with Crippen LogP contribution in [0.4, 0.5) is 0 Å². The Morgan fingerprint density at radius 1 is 1.21 bits per heavy atom. The van der Waals surface area contributed by atoms with E-state index in [4.69, 9.17) is 5.73 Å². The van der Waals surface area contributed by atoms with Crippen molar-refractivity contribution in [2.45, 2.75) is 26.4 Å². The largest absolute Gasteiger partial charge is 0.387 e. The molecule has 0 heterocycles. The molecule has 1 rings (SSSR count). The maximum absolute atomic E-state index is 9.48. The van der Waals surface area contributed by atoms with Crippen LogP contribution in [0.3, 0.4) is 0 Å². The maximum Gasteiger partial charge on any atom is 0.0912 e. The number of hydrogen-bond donors (Lipinski definition) is 2. The highest BCUT2D eigenvalue weighted by atomic mass is 16.3. The lowest BCUT2D eigenvalue weighted by molar-refractivity contribution is 0.186. The number of rotatable bonds is 4. The molecule has 1 aromatic rings. The standard InChI is InChI=1S/C12H19NO/c1-9(2)7-10-3-5-11(6-4-10)12(14)8-13/h3-6,9,12,14H,7-8,13H2,1-2H3. The number of hydrogen-bond acceptors (Lipinski definition) is 2. The molecule has 0 aliphatic heterocycles. The molecule has 1 unspecified atom stereocenters. The molecule has 0 radical (unpaired) electrons. The first kappa shape index (κ1) is 11.2. The molecule has 78 valence electrons. The fourth-order valence-corrected chi connectivity index (χ4v) is 1.48. The van der Waals surface area contributed by atoms with E-state index < -0.39 is 6.10 Å². The third-order valence-electron chi connectivity index (χ3n) is 2.23. The van der Waals surface area contributed by atoms with Gasteiger partial charge in [0, 0.05) is 6.54 Å². The molecule has 0 spiro atoms. The Balaban J connectivity index is 2.68. The van der Waals surface area contributed by atoms with E-state index in [0.717, 1.165) is 12.0 Å². The van der Waals surface area contributed by atoms with Crippen molar-refractivity contribution in [2.24, 2.45) is 11.7 Å². The van der Waals surface area contributed by atoms with Gasteiger partial charge in [-0.05, 0) is 23.5 Å². The summed E-state index contributed by atoms with van der Waals surface area (Å²) >= 11 is 0. The molecule has 0 saturated heterocycles. The molecule has 0 aromatic heterocycles. The normalized spacial score (nSPS) is 13.2. The van der Waals surface area contributed by atoms with Gasteiger partial charge in [-0.1, -0.05) is 38.1 Å². The third-order valence-corrected chi connectivity index (χ3v) is 2.23. The molecular weight excluding hydrogens is 174 g/mol. The van der Waals surface area contributed by atoms with Gasteiger partial charge in [-0.25, -0.2) is 0 Å². The highest BCUT2D eigenvalue weighted by Crippen LogP contribution is 2.14. The first-order valence-electron chi connectivity index (χ1n) is 5.10. The van der Waals surface area contributed by atoms with Crippen molar-refractivity contribution in [2.75, 3.05) is 6.54 Å². The minimum Gasteiger partial charge on any atom is -0.387 e. The van der Waals surface area contributed by atoms with Crippen LogP contribution in [-0.2, 0) is 6.42 Å². The number of aliphatic hydroxyl groups excluding tert-OH is 1. The molecule has 3 N–H and O–H groups in total. The molecule has 2 heteroatoms. The fraction of sp³-hybridized carbons (Fsp3) is 0.500. The average molecular weight is 193 g/mol. The van der Waals surface area contributed by atoms with Crippen LogP contribution in [-0.4, -0.2) is 11.7 Å². The van der Waals surface area contributed by atoms with Gasteiger partial charge in [-0.15, -0.1) is 0 Å². The summed E-state index contributed by atoms with van der Waals surface area (Å²) in [5.41, 5.74) is 7.59. The van der Waals surface area contributed by atoms with E-state index in [1.807, 2.05) is 12.1 Å². The average Bonchev–Trinajstić information content (AvgIpc) is 2.17. The molecule has 14 heavy (non-hydrogen) atoms. The summed E-state index contributed by atoms with van der Waals surface area (Å²) < 4.78 is 0. The minimum absolute atomic E-state index is 0.281. The van der Waals surface area contributed by atoms with Crippen LogP contribution in [0.25, 0.3) is 0 Å². The second kappa shape index (κ2) is 5.13. The van der Waals surface area contributed by atoms with Gasteiger partial charge in [0.15, 0.2) is 0 Å². The molecule has 1 aromatic carbocycles. The van der Waals surface area contributed by atoms with Crippen LogP contribution in [0.2, 0.25) is 0 Å². The Labute approximate surface area is 85.8 Å². The van der Waals surface area contributed by atoms with Crippen molar-refractivity contribution in [1.82, 2.24) is 0 Å². The summed E-state index contributed by atoms with van der Waals surface area (Å²) in [5.74, 6) is 0.667. The predicted molar refractivity (Wildman–Crippen MR) is 59.0 cm³/mol. The first-order chi connectivity index (χ1) is 6.63. The predicted octanol–water partition coefficient (Wildman–Crippen LogP) is 1.88. The Hall–Kier alpha value is -0.860. The summed E-state index contributed by atoms with van der Waals surface area (Å²) in [6.45, 7) is 4.68. The highest BCUT2D eigenvalue weighted by molar-refractivity contribution is 5.24. The molecular formula is C12H19NO. The van der Waals surface area contributed by atoms with Gasteiger partial charge in [0.05, 0.1) is 6.10 Å². The van der Waals surface area contributed by atoms with Crippen molar-refractivity contribution in [3.05, 3.63) is 35.4 Å². The van der Waals surface area contributed by atoms with E-state index >= 15 is 0 Å². The number of nitrogens with two attached hydrogens (primary N) is 1. The Morgan fingerprint density at radius 2 is 1.79 bits per heavy atom. The van der Waals surface area contributed by atoms with E-state index in [0.29, 0.717) is 5.92 Å². The van der Waals surface area contributed by atoms with Gasteiger partial charge in [-0.3, -0.25) is 0 Å². The van der Waals surface area contributed by atoms with Crippen molar-refractivity contribution in [3.8, 4) is 0 Å². The summed E-state index contributed by atoms with van der Waals surface area (Å²) in [7, 11) is 0. The van der Waals surface area contributed by atoms with E-state index in [9.17, 15) is 5.11 Å². The van der Waals surface area contributed by atoms with E-state index in [1.165, 1.54) is 5.56 Å². The SMILES string of the molecule is CC(C)Cc1ccc(C(O)CN)cc1. The highest BCUT2D eigenvalue weighted by Gasteiger charge is 2.04. The van der Waals surface area contributed by atoms with Crippen LogP contribution in [0, 0.1) is 5.92 Å². The second-order valence-corrected chi connectivity index (χ2v) is 4.09. The zero-order chi connectivity index (χ0) is 10.6. The van der Waals surface area contributed by atoms with Gasteiger partial charge < -0.3 is 10.8 Å². The quantitative estimate of drug-likeness (QED) is 0.767. The maximum atomic E-state index is 9.48. The molecule has 2 nitrogen and oxygen atoms in total. The zero-order valence-electron chi connectivity index (χ0n) is 8.90. The van der Waals surface area contributed by atoms with E-state index in [2.05, 4.69) is 26.0 Å². The lowest BCUT2D eigenvalue weighted by Gasteiger charge is -2.09. The number of aliphatic hydroxyl groups is 1. The van der Waals surface area contributed by atoms with Gasteiger partial charge in [0.2, 0.25) is 0 Å². The van der Waals surface area contributed by atoms with Gasteiger partial charge in [0.1, 0.15) is 0 Å². The Bertz CT molecular complexity index is 266. The molecule has 0 amide bonds. The van der Waals surface area contributed by atoms with Crippen LogP contribution < -0.4 is 5.73 Å². The smallest absolute Gasteiger partial charge is 0.0912 e. The number of benzene rings is 1. The summed E-state index contributed by atoms with van der Waals surface area (Å²) in [5, 5.41) is 9.48. The monoisotopic (exact) mass is 193 g/mol. The van der Waals surface area contributed by atoms with Gasteiger partial charge >= 0.3 is 0 Å². The van der Waals surface area contributed by atoms with Crippen LogP contribution >= 0.6 is 0 Å². The third kappa shape index (κ3) is 3.13. The first-order valence-corrected chi connectivity index (χ1v) is 5.10. The van der Waals surface area contributed by atoms with Crippen LogP contribution in [0.5, 0.6) is 0 Å². The zero-order valence-corrected chi connectivity index (χ0v) is 8.90. The minimum atomic E-state index is -0.525. The molecule has 1 atom stereocenters. The summed E-state index contributed by atoms with van der Waals surface area (Å²) in [6.07, 6.45) is 0.557.